The van der Waals surface area contributed by atoms with E-state index in [-0.39, 0.29) is 18.0 Å². The molecule has 2 N–H and O–H groups in total. The molecule has 0 aliphatic carbocycles. The molecular formula is C16H24N2O3. The van der Waals surface area contributed by atoms with Gasteiger partial charge in [0.1, 0.15) is 0 Å². The molecule has 21 heavy (non-hydrogen) atoms. The van der Waals surface area contributed by atoms with Crippen LogP contribution in [0.25, 0.3) is 0 Å². The van der Waals surface area contributed by atoms with E-state index in [9.17, 15) is 9.59 Å². The number of ether oxygens (including phenoxy) is 1. The van der Waals surface area contributed by atoms with Crippen molar-refractivity contribution in [3.05, 3.63) is 29.3 Å². The van der Waals surface area contributed by atoms with Gasteiger partial charge in [0, 0.05) is 11.2 Å². The Morgan fingerprint density at radius 3 is 2.52 bits per heavy atom. The number of hydrogen-bond donors (Lipinski definition) is 2. The van der Waals surface area contributed by atoms with Gasteiger partial charge >= 0.3 is 5.97 Å². The van der Waals surface area contributed by atoms with Crippen LogP contribution in [0.2, 0.25) is 0 Å². The lowest BCUT2D eigenvalue weighted by Crippen LogP contribution is -2.43. The maximum Gasteiger partial charge on any atom is 0.337 e. The van der Waals surface area contributed by atoms with Crippen molar-refractivity contribution in [1.29, 1.82) is 0 Å². The Hall–Kier alpha value is -1.88. The molecule has 1 aromatic rings. The van der Waals surface area contributed by atoms with Crippen LogP contribution < -0.4 is 10.6 Å². The second-order valence-electron chi connectivity index (χ2n) is 5.66. The summed E-state index contributed by atoms with van der Waals surface area (Å²) >= 11 is 0. The van der Waals surface area contributed by atoms with E-state index >= 15 is 0 Å². The van der Waals surface area contributed by atoms with Crippen LogP contribution >= 0.6 is 0 Å². The van der Waals surface area contributed by atoms with Gasteiger partial charge in [-0.3, -0.25) is 4.79 Å². The highest BCUT2D eigenvalue weighted by atomic mass is 16.5. The van der Waals surface area contributed by atoms with Crippen LogP contribution in [0.15, 0.2) is 18.2 Å². The van der Waals surface area contributed by atoms with Crippen molar-refractivity contribution in [3.8, 4) is 0 Å². The Kier molecular flexibility index (Phi) is 5.90. The van der Waals surface area contributed by atoms with Gasteiger partial charge in [-0.2, -0.15) is 0 Å². The minimum atomic E-state index is -0.421. The molecule has 5 heteroatoms. The fourth-order valence-corrected chi connectivity index (χ4v) is 1.64. The standard InChI is InChI=1S/C16H24N2O3/c1-6-16(3,4)17-10-14(19)18-13-9-12(15(20)21-5)8-7-11(13)2/h7-9,17H,6,10H2,1-5H3,(H,18,19). The molecule has 0 fully saturated rings. The third-order valence-electron chi connectivity index (χ3n) is 3.54. The number of rotatable bonds is 6. The van der Waals surface area contributed by atoms with Crippen molar-refractivity contribution in [3.63, 3.8) is 0 Å². The van der Waals surface area contributed by atoms with Crippen LogP contribution in [-0.4, -0.2) is 31.1 Å². The SMILES string of the molecule is CCC(C)(C)NCC(=O)Nc1cc(C(=O)OC)ccc1C. The summed E-state index contributed by atoms with van der Waals surface area (Å²) in [4.78, 5) is 23.5. The number of methoxy groups -OCH3 is 1. The summed E-state index contributed by atoms with van der Waals surface area (Å²) in [5, 5.41) is 6.01. The molecule has 0 aromatic heterocycles. The molecule has 0 aliphatic heterocycles. The number of anilines is 1. The molecule has 116 valence electrons. The van der Waals surface area contributed by atoms with Crippen molar-refractivity contribution in [2.45, 2.75) is 39.7 Å². The van der Waals surface area contributed by atoms with Crippen molar-refractivity contribution in [1.82, 2.24) is 5.32 Å². The first kappa shape index (κ1) is 17.2. The smallest absolute Gasteiger partial charge is 0.337 e. The molecule has 5 nitrogen and oxygen atoms in total. The summed E-state index contributed by atoms with van der Waals surface area (Å²) < 4.78 is 4.68. The number of carbonyl (C=O) groups excluding carboxylic acids is 2. The van der Waals surface area contributed by atoms with E-state index in [2.05, 4.69) is 22.3 Å². The Balaban J connectivity index is 2.74. The molecule has 0 unspecified atom stereocenters. The largest absolute Gasteiger partial charge is 0.465 e. The molecule has 0 saturated heterocycles. The first-order valence-corrected chi connectivity index (χ1v) is 7.03. The normalized spacial score (nSPS) is 11.1. The Morgan fingerprint density at radius 2 is 1.95 bits per heavy atom. The summed E-state index contributed by atoms with van der Waals surface area (Å²) in [6, 6.07) is 5.09. The zero-order valence-corrected chi connectivity index (χ0v) is 13.4. The lowest BCUT2D eigenvalue weighted by atomic mass is 10.0. The minimum absolute atomic E-state index is 0.0831. The van der Waals surface area contributed by atoms with E-state index in [1.807, 2.05) is 20.8 Å². The van der Waals surface area contributed by atoms with Gasteiger partial charge in [0.2, 0.25) is 5.91 Å². The monoisotopic (exact) mass is 292 g/mol. The quantitative estimate of drug-likeness (QED) is 0.791. The maximum atomic E-state index is 12.0. The summed E-state index contributed by atoms with van der Waals surface area (Å²) in [6.07, 6.45) is 0.928. The Bertz CT molecular complexity index is 524. The van der Waals surface area contributed by atoms with Gasteiger partial charge in [0.05, 0.1) is 19.2 Å². The topological polar surface area (TPSA) is 67.4 Å². The predicted molar refractivity (Wildman–Crippen MR) is 83.5 cm³/mol. The molecular weight excluding hydrogens is 268 g/mol. The second-order valence-corrected chi connectivity index (χ2v) is 5.66. The molecule has 0 saturated carbocycles. The van der Waals surface area contributed by atoms with Crippen molar-refractivity contribution in [2.24, 2.45) is 0 Å². The van der Waals surface area contributed by atoms with E-state index in [4.69, 9.17) is 0 Å². The van der Waals surface area contributed by atoms with Crippen LogP contribution in [0.1, 0.15) is 43.1 Å². The number of esters is 1. The average molecular weight is 292 g/mol. The summed E-state index contributed by atoms with van der Waals surface area (Å²) in [5.74, 6) is -0.558. The summed E-state index contributed by atoms with van der Waals surface area (Å²) in [5.41, 5.74) is 1.85. The van der Waals surface area contributed by atoms with Crippen LogP contribution in [0.5, 0.6) is 0 Å². The first-order chi connectivity index (χ1) is 9.79. The lowest BCUT2D eigenvalue weighted by molar-refractivity contribution is -0.115. The third-order valence-corrected chi connectivity index (χ3v) is 3.54. The molecule has 1 rings (SSSR count). The third kappa shape index (κ3) is 5.19. The van der Waals surface area contributed by atoms with E-state index < -0.39 is 5.97 Å². The fourth-order valence-electron chi connectivity index (χ4n) is 1.64. The molecule has 0 bridgehead atoms. The minimum Gasteiger partial charge on any atom is -0.465 e. The van der Waals surface area contributed by atoms with Gasteiger partial charge < -0.3 is 15.4 Å². The Labute approximate surface area is 126 Å². The number of benzene rings is 1. The van der Waals surface area contributed by atoms with Gasteiger partial charge in [-0.15, -0.1) is 0 Å². The fraction of sp³-hybridized carbons (Fsp3) is 0.500. The highest BCUT2D eigenvalue weighted by molar-refractivity contribution is 5.96. The molecule has 0 heterocycles. The molecule has 1 amide bonds. The molecule has 0 radical (unpaired) electrons. The maximum absolute atomic E-state index is 12.0. The van der Waals surface area contributed by atoms with Gasteiger partial charge in [0.25, 0.3) is 0 Å². The summed E-state index contributed by atoms with van der Waals surface area (Å²) in [6.45, 7) is 8.25. The molecule has 1 aromatic carbocycles. The summed E-state index contributed by atoms with van der Waals surface area (Å²) in [7, 11) is 1.33. The molecule has 0 spiro atoms. The van der Waals surface area contributed by atoms with Gasteiger partial charge in [-0.25, -0.2) is 4.79 Å². The van der Waals surface area contributed by atoms with E-state index in [1.165, 1.54) is 7.11 Å². The zero-order chi connectivity index (χ0) is 16.0. The van der Waals surface area contributed by atoms with Crippen molar-refractivity contribution in [2.75, 3.05) is 19.0 Å². The van der Waals surface area contributed by atoms with Crippen LogP contribution in [0.4, 0.5) is 5.69 Å². The number of carbonyl (C=O) groups is 2. The highest BCUT2D eigenvalue weighted by Crippen LogP contribution is 2.17. The Morgan fingerprint density at radius 1 is 1.29 bits per heavy atom. The van der Waals surface area contributed by atoms with E-state index in [0.29, 0.717) is 11.3 Å². The van der Waals surface area contributed by atoms with Crippen molar-refractivity contribution < 1.29 is 14.3 Å². The number of hydrogen-bond acceptors (Lipinski definition) is 4. The van der Waals surface area contributed by atoms with Crippen molar-refractivity contribution >= 4 is 17.6 Å². The number of nitrogens with one attached hydrogen (secondary N) is 2. The van der Waals surface area contributed by atoms with Gasteiger partial charge in [0.15, 0.2) is 0 Å². The lowest BCUT2D eigenvalue weighted by Gasteiger charge is -2.24. The van der Waals surface area contributed by atoms with E-state index in [0.717, 1.165) is 12.0 Å². The molecule has 0 aliphatic rings. The van der Waals surface area contributed by atoms with Gasteiger partial charge in [-0.05, 0) is 44.9 Å². The number of aryl methyl sites for hydroxylation is 1. The van der Waals surface area contributed by atoms with Crippen LogP contribution in [0.3, 0.4) is 0 Å². The first-order valence-electron chi connectivity index (χ1n) is 7.03. The molecule has 0 atom stereocenters. The highest BCUT2D eigenvalue weighted by Gasteiger charge is 2.16. The van der Waals surface area contributed by atoms with Crippen LogP contribution in [-0.2, 0) is 9.53 Å². The van der Waals surface area contributed by atoms with Crippen LogP contribution in [0, 0.1) is 6.92 Å². The van der Waals surface area contributed by atoms with E-state index in [1.54, 1.807) is 18.2 Å². The zero-order valence-electron chi connectivity index (χ0n) is 13.4. The predicted octanol–water partition coefficient (Wildman–Crippen LogP) is 2.50. The average Bonchev–Trinajstić information content (AvgIpc) is 2.46. The second kappa shape index (κ2) is 7.22. The van der Waals surface area contributed by atoms with Gasteiger partial charge in [-0.1, -0.05) is 13.0 Å². The number of amides is 1.